The van der Waals surface area contributed by atoms with Gasteiger partial charge in [-0.25, -0.2) is 0 Å². The van der Waals surface area contributed by atoms with Crippen LogP contribution < -0.4 is 0 Å². The third-order valence-corrected chi connectivity index (χ3v) is 13.1. The summed E-state index contributed by atoms with van der Waals surface area (Å²) >= 11 is 0. The number of ether oxygens (including phenoxy) is 1. The van der Waals surface area contributed by atoms with Gasteiger partial charge in [0.15, 0.2) is 14.1 Å². The van der Waals surface area contributed by atoms with Gasteiger partial charge in [-0.05, 0) is 69.2 Å². The Morgan fingerprint density at radius 1 is 1.26 bits per heavy atom. The average molecular weight is 449 g/mol. The van der Waals surface area contributed by atoms with E-state index in [2.05, 4.69) is 33.9 Å². The van der Waals surface area contributed by atoms with Crippen molar-refractivity contribution in [2.45, 2.75) is 97.6 Å². The standard InChI is InChI=1S/C25H40O5Si/c1-9-29-22(28)25(6)19(26)13-11-16-10-12-17-18(30-31(7,8)23(2,3)4)14-15-24(17,5)21(27)20(16)25/h11,13,17-19,26H,9-10,12,14-15H2,1-8H3/t17-,18+,19+,24+,25-/m1/s1. The van der Waals surface area contributed by atoms with E-state index in [4.69, 9.17) is 9.16 Å². The maximum absolute atomic E-state index is 14.1. The lowest BCUT2D eigenvalue weighted by molar-refractivity contribution is -0.158. The molecule has 0 saturated heterocycles. The van der Waals surface area contributed by atoms with Crippen molar-refractivity contribution in [1.82, 2.24) is 0 Å². The summed E-state index contributed by atoms with van der Waals surface area (Å²) in [6.45, 7) is 16.9. The lowest BCUT2D eigenvalue weighted by Crippen LogP contribution is -2.49. The number of fused-ring (bicyclic) bond motifs is 1. The van der Waals surface area contributed by atoms with Gasteiger partial charge < -0.3 is 14.3 Å². The van der Waals surface area contributed by atoms with Gasteiger partial charge in [-0.15, -0.1) is 0 Å². The van der Waals surface area contributed by atoms with Crippen LogP contribution in [0.4, 0.5) is 0 Å². The van der Waals surface area contributed by atoms with E-state index in [1.807, 2.05) is 13.0 Å². The zero-order valence-electron chi connectivity index (χ0n) is 20.5. The predicted octanol–water partition coefficient (Wildman–Crippen LogP) is 4.95. The molecule has 0 radical (unpaired) electrons. The van der Waals surface area contributed by atoms with E-state index in [-0.39, 0.29) is 29.5 Å². The van der Waals surface area contributed by atoms with Crippen LogP contribution in [-0.2, 0) is 18.8 Å². The van der Waals surface area contributed by atoms with Gasteiger partial charge in [-0.2, -0.15) is 0 Å². The number of aliphatic hydroxyl groups excluding tert-OH is 1. The molecule has 1 fully saturated rings. The van der Waals surface area contributed by atoms with Crippen LogP contribution in [0.3, 0.4) is 0 Å². The first kappa shape index (κ1) is 24.4. The Morgan fingerprint density at radius 3 is 2.48 bits per heavy atom. The number of carbonyl (C=O) groups excluding carboxylic acids is 2. The maximum atomic E-state index is 14.1. The SMILES string of the molecule is CCOC(=O)[C@@]1(C)C2=C(C=C[C@@H]1O)CC[C@@H]1[C@@H](O[Si](C)(C)C(C)(C)C)CC[C@]1(C)C2=O. The molecule has 0 aromatic heterocycles. The summed E-state index contributed by atoms with van der Waals surface area (Å²) in [5, 5.41) is 10.9. The zero-order valence-corrected chi connectivity index (χ0v) is 21.5. The minimum Gasteiger partial charge on any atom is -0.465 e. The van der Waals surface area contributed by atoms with Crippen molar-refractivity contribution in [3.8, 4) is 0 Å². The topological polar surface area (TPSA) is 72.8 Å². The Balaban J connectivity index is 1.99. The van der Waals surface area contributed by atoms with Crippen molar-refractivity contribution in [2.75, 3.05) is 6.61 Å². The summed E-state index contributed by atoms with van der Waals surface area (Å²) in [5.41, 5.74) is -0.637. The Morgan fingerprint density at radius 2 is 1.90 bits per heavy atom. The van der Waals surface area contributed by atoms with Crippen LogP contribution in [0.5, 0.6) is 0 Å². The highest BCUT2D eigenvalue weighted by molar-refractivity contribution is 6.74. The fourth-order valence-corrected chi connectivity index (χ4v) is 6.77. The molecule has 0 aliphatic heterocycles. The molecule has 0 unspecified atom stereocenters. The molecule has 0 spiro atoms. The second-order valence-electron chi connectivity index (χ2n) is 11.5. The minimum atomic E-state index is -1.98. The first-order chi connectivity index (χ1) is 14.2. The van der Waals surface area contributed by atoms with Crippen LogP contribution in [0.2, 0.25) is 18.1 Å². The van der Waals surface area contributed by atoms with Crippen LogP contribution in [0.25, 0.3) is 0 Å². The first-order valence-corrected chi connectivity index (χ1v) is 14.6. The summed E-state index contributed by atoms with van der Waals surface area (Å²) in [6.07, 6.45) is 5.61. The molecule has 0 bridgehead atoms. The lowest BCUT2D eigenvalue weighted by atomic mass is 9.64. The molecule has 5 nitrogen and oxygen atoms in total. The molecule has 3 aliphatic carbocycles. The third-order valence-electron chi connectivity index (χ3n) is 8.55. The number of aliphatic hydroxyl groups is 1. The molecule has 6 heteroatoms. The number of hydrogen-bond acceptors (Lipinski definition) is 5. The minimum absolute atomic E-state index is 0.00900. The highest BCUT2D eigenvalue weighted by Crippen LogP contribution is 2.56. The summed E-state index contributed by atoms with van der Waals surface area (Å²) < 4.78 is 12.1. The van der Waals surface area contributed by atoms with E-state index in [0.29, 0.717) is 12.0 Å². The van der Waals surface area contributed by atoms with E-state index in [1.165, 1.54) is 0 Å². The van der Waals surface area contributed by atoms with Crippen LogP contribution >= 0.6 is 0 Å². The van der Waals surface area contributed by atoms with Crippen molar-refractivity contribution in [3.05, 3.63) is 23.3 Å². The number of Topliss-reactive ketones (excluding diaryl/α,β-unsaturated/α-hetero) is 1. The number of esters is 1. The van der Waals surface area contributed by atoms with Crippen LogP contribution in [0, 0.1) is 16.7 Å². The Bertz CT molecular complexity index is 820. The number of ketones is 1. The molecule has 0 aromatic rings. The number of rotatable bonds is 4. The van der Waals surface area contributed by atoms with Gasteiger partial charge in [-0.3, -0.25) is 9.59 Å². The van der Waals surface area contributed by atoms with E-state index in [1.54, 1.807) is 19.9 Å². The van der Waals surface area contributed by atoms with Gasteiger partial charge in [0.1, 0.15) is 5.41 Å². The quantitative estimate of drug-likeness (QED) is 0.486. The molecule has 0 heterocycles. The normalized spacial score (nSPS) is 36.2. The zero-order chi connectivity index (χ0) is 23.4. The number of allylic oxidation sites excluding steroid dienone is 2. The summed E-state index contributed by atoms with van der Waals surface area (Å²) in [5.74, 6) is -0.427. The largest absolute Gasteiger partial charge is 0.465 e. The van der Waals surface area contributed by atoms with E-state index < -0.39 is 31.2 Å². The molecule has 0 amide bonds. The fourth-order valence-electron chi connectivity index (χ4n) is 5.38. The van der Waals surface area contributed by atoms with Crippen molar-refractivity contribution < 1.29 is 23.9 Å². The fraction of sp³-hybridized carbons (Fsp3) is 0.760. The smallest absolute Gasteiger partial charge is 0.319 e. The second-order valence-corrected chi connectivity index (χ2v) is 16.2. The molecule has 174 valence electrons. The molecular weight excluding hydrogens is 408 g/mol. The van der Waals surface area contributed by atoms with Gasteiger partial charge >= 0.3 is 5.97 Å². The monoisotopic (exact) mass is 448 g/mol. The molecule has 31 heavy (non-hydrogen) atoms. The Labute approximate surface area is 188 Å². The Hall–Kier alpha value is -1.24. The summed E-state index contributed by atoms with van der Waals surface area (Å²) in [6, 6.07) is 0. The predicted molar refractivity (Wildman–Crippen MR) is 124 cm³/mol. The van der Waals surface area contributed by atoms with Crippen molar-refractivity contribution in [3.63, 3.8) is 0 Å². The lowest BCUT2D eigenvalue weighted by Gasteiger charge is -2.42. The van der Waals surface area contributed by atoms with Crippen molar-refractivity contribution in [1.29, 1.82) is 0 Å². The van der Waals surface area contributed by atoms with Crippen molar-refractivity contribution in [2.24, 2.45) is 16.7 Å². The van der Waals surface area contributed by atoms with Gasteiger partial charge in [-0.1, -0.05) is 39.8 Å². The number of hydrogen-bond donors (Lipinski definition) is 1. The number of carbonyl (C=O) groups is 2. The average Bonchev–Trinajstić information content (AvgIpc) is 2.91. The van der Waals surface area contributed by atoms with Gasteiger partial charge in [0.25, 0.3) is 0 Å². The molecule has 0 aromatic carbocycles. The van der Waals surface area contributed by atoms with Crippen LogP contribution in [0.15, 0.2) is 23.3 Å². The molecule has 3 aliphatic rings. The second kappa shape index (κ2) is 7.96. The Kier molecular flexibility index (Phi) is 6.27. The van der Waals surface area contributed by atoms with Gasteiger partial charge in [0.05, 0.1) is 12.7 Å². The molecule has 5 atom stereocenters. The van der Waals surface area contributed by atoms with E-state index >= 15 is 0 Å². The molecule has 1 saturated carbocycles. The highest BCUT2D eigenvalue weighted by atomic mass is 28.4. The molecular formula is C25H40O5Si. The van der Waals surface area contributed by atoms with Crippen LogP contribution in [0.1, 0.15) is 67.2 Å². The van der Waals surface area contributed by atoms with E-state index in [9.17, 15) is 14.7 Å². The highest BCUT2D eigenvalue weighted by Gasteiger charge is 2.59. The summed E-state index contributed by atoms with van der Waals surface area (Å²) in [7, 11) is -1.98. The molecule has 3 rings (SSSR count). The first-order valence-electron chi connectivity index (χ1n) is 11.7. The van der Waals surface area contributed by atoms with Crippen LogP contribution in [-0.4, -0.2) is 44.0 Å². The summed E-state index contributed by atoms with van der Waals surface area (Å²) in [4.78, 5) is 27.1. The van der Waals surface area contributed by atoms with Gasteiger partial charge in [0.2, 0.25) is 0 Å². The maximum Gasteiger partial charge on any atom is 0.319 e. The van der Waals surface area contributed by atoms with E-state index in [0.717, 1.165) is 24.8 Å². The molecule has 1 N–H and O–H groups in total. The van der Waals surface area contributed by atoms with Crippen molar-refractivity contribution >= 4 is 20.1 Å². The van der Waals surface area contributed by atoms with Gasteiger partial charge in [0, 0.05) is 17.1 Å². The third kappa shape index (κ3) is 3.78.